The molecule has 0 saturated carbocycles. The van der Waals surface area contributed by atoms with E-state index in [1.54, 1.807) is 12.3 Å². The molecule has 1 aromatic heterocycles. The lowest BCUT2D eigenvalue weighted by molar-refractivity contribution is 0.0625. The Morgan fingerprint density at radius 1 is 1.50 bits per heavy atom. The first-order chi connectivity index (χ1) is 7.58. The zero-order valence-corrected chi connectivity index (χ0v) is 10.9. The lowest BCUT2D eigenvalue weighted by atomic mass is 10.3. The molecule has 0 bridgehead atoms. The summed E-state index contributed by atoms with van der Waals surface area (Å²) in [5.74, 6) is 0. The second-order valence-corrected chi connectivity index (χ2v) is 4.56. The fraction of sp³-hybridized carbons (Fsp3) is 0.583. The van der Waals surface area contributed by atoms with Gasteiger partial charge in [0.15, 0.2) is 0 Å². The summed E-state index contributed by atoms with van der Waals surface area (Å²) in [7, 11) is 2.05. The monoisotopic (exact) mass is 242 g/mol. The van der Waals surface area contributed by atoms with Crippen molar-refractivity contribution in [3.05, 3.63) is 29.0 Å². The third-order valence-electron chi connectivity index (χ3n) is 2.13. The molecule has 0 fully saturated rings. The van der Waals surface area contributed by atoms with Gasteiger partial charge in [-0.15, -0.1) is 0 Å². The van der Waals surface area contributed by atoms with Crippen LogP contribution in [0.3, 0.4) is 0 Å². The second-order valence-electron chi connectivity index (χ2n) is 4.12. The molecule has 0 aliphatic carbocycles. The number of hydrogen-bond acceptors (Lipinski definition) is 3. The van der Waals surface area contributed by atoms with Gasteiger partial charge >= 0.3 is 0 Å². The van der Waals surface area contributed by atoms with E-state index in [0.717, 1.165) is 30.4 Å². The lowest BCUT2D eigenvalue weighted by Crippen LogP contribution is -2.24. The average Bonchev–Trinajstić information content (AvgIpc) is 2.16. The first kappa shape index (κ1) is 13.4. The topological polar surface area (TPSA) is 25.4 Å². The number of hydrogen-bond donors (Lipinski definition) is 0. The van der Waals surface area contributed by atoms with Gasteiger partial charge < -0.3 is 4.74 Å². The highest BCUT2D eigenvalue weighted by Crippen LogP contribution is 2.09. The Bertz CT molecular complexity index is 318. The minimum atomic E-state index is 0.290. The number of ether oxygens (including phenoxy) is 1. The highest BCUT2D eigenvalue weighted by atomic mass is 35.5. The molecule has 1 rings (SSSR count). The number of rotatable bonds is 6. The number of halogens is 1. The Morgan fingerprint density at radius 3 is 2.88 bits per heavy atom. The highest BCUT2D eigenvalue weighted by Gasteiger charge is 2.02. The predicted molar refractivity (Wildman–Crippen MR) is 66.7 cm³/mol. The third kappa shape index (κ3) is 5.45. The van der Waals surface area contributed by atoms with Crippen molar-refractivity contribution in [1.29, 1.82) is 0 Å². The van der Waals surface area contributed by atoms with Crippen LogP contribution in [0.5, 0.6) is 0 Å². The largest absolute Gasteiger partial charge is 0.377 e. The van der Waals surface area contributed by atoms with Crippen LogP contribution in [-0.4, -0.2) is 36.2 Å². The molecule has 90 valence electrons. The van der Waals surface area contributed by atoms with Gasteiger partial charge in [-0.3, -0.25) is 9.88 Å². The van der Waals surface area contributed by atoms with E-state index in [4.69, 9.17) is 16.3 Å². The summed E-state index contributed by atoms with van der Waals surface area (Å²) in [6, 6.07) is 3.67. The maximum absolute atomic E-state index is 5.89. The molecular formula is C12H19ClN2O. The van der Waals surface area contributed by atoms with Gasteiger partial charge in [0.05, 0.1) is 18.4 Å². The molecule has 0 spiro atoms. The van der Waals surface area contributed by atoms with Crippen LogP contribution < -0.4 is 0 Å². The van der Waals surface area contributed by atoms with Crippen LogP contribution in [0.4, 0.5) is 0 Å². The van der Waals surface area contributed by atoms with Gasteiger partial charge in [0.2, 0.25) is 0 Å². The lowest BCUT2D eigenvalue weighted by Gasteiger charge is -2.17. The quantitative estimate of drug-likeness (QED) is 0.767. The highest BCUT2D eigenvalue weighted by molar-refractivity contribution is 6.30. The van der Waals surface area contributed by atoms with E-state index in [1.807, 2.05) is 27.0 Å². The second kappa shape index (κ2) is 6.84. The fourth-order valence-corrected chi connectivity index (χ4v) is 1.52. The van der Waals surface area contributed by atoms with Gasteiger partial charge in [0.1, 0.15) is 0 Å². The summed E-state index contributed by atoms with van der Waals surface area (Å²) in [5.41, 5.74) is 0.986. The van der Waals surface area contributed by atoms with E-state index in [-0.39, 0.29) is 6.10 Å². The van der Waals surface area contributed by atoms with Crippen molar-refractivity contribution in [3.8, 4) is 0 Å². The number of aromatic nitrogens is 1. The molecule has 4 heteroatoms. The van der Waals surface area contributed by atoms with E-state index in [0.29, 0.717) is 0 Å². The van der Waals surface area contributed by atoms with Gasteiger partial charge in [-0.1, -0.05) is 11.6 Å². The third-order valence-corrected chi connectivity index (χ3v) is 2.37. The Balaban J connectivity index is 2.31. The first-order valence-corrected chi connectivity index (χ1v) is 5.86. The molecule has 1 aromatic rings. The molecule has 1 heterocycles. The molecule has 0 unspecified atom stereocenters. The van der Waals surface area contributed by atoms with Gasteiger partial charge in [0, 0.05) is 24.3 Å². The maximum Gasteiger partial charge on any atom is 0.0596 e. The minimum Gasteiger partial charge on any atom is -0.377 e. The van der Waals surface area contributed by atoms with Crippen LogP contribution in [0.15, 0.2) is 18.3 Å². The molecule has 0 aliphatic heterocycles. The average molecular weight is 243 g/mol. The number of nitrogens with zero attached hydrogens (tertiary/aromatic N) is 2. The standard InChI is InChI=1S/C12H19ClN2O/c1-10(2)16-7-6-15(3)9-12-8-11(13)4-5-14-12/h4-5,8,10H,6-7,9H2,1-3H3. The van der Waals surface area contributed by atoms with Crippen molar-refractivity contribution >= 4 is 11.6 Å². The molecule has 16 heavy (non-hydrogen) atoms. The van der Waals surface area contributed by atoms with E-state index in [1.165, 1.54) is 0 Å². The Kier molecular flexibility index (Phi) is 5.74. The number of likely N-dealkylation sites (N-methyl/N-ethyl adjacent to an activating group) is 1. The van der Waals surface area contributed by atoms with Gasteiger partial charge in [-0.05, 0) is 33.0 Å². The van der Waals surface area contributed by atoms with Crippen molar-refractivity contribution in [2.75, 3.05) is 20.2 Å². The normalized spacial score (nSPS) is 11.4. The van der Waals surface area contributed by atoms with Crippen LogP contribution in [0.2, 0.25) is 5.02 Å². The Hall–Kier alpha value is -0.640. The first-order valence-electron chi connectivity index (χ1n) is 5.48. The minimum absolute atomic E-state index is 0.290. The molecule has 0 saturated heterocycles. The van der Waals surface area contributed by atoms with E-state index < -0.39 is 0 Å². The van der Waals surface area contributed by atoms with Crippen LogP contribution in [0.1, 0.15) is 19.5 Å². The summed E-state index contributed by atoms with van der Waals surface area (Å²) >= 11 is 5.89. The summed E-state index contributed by atoms with van der Waals surface area (Å²) in [4.78, 5) is 6.42. The number of pyridine rings is 1. The Labute approximate surface area is 102 Å². The maximum atomic E-state index is 5.89. The molecular weight excluding hydrogens is 224 g/mol. The predicted octanol–water partition coefficient (Wildman–Crippen LogP) is 2.59. The van der Waals surface area contributed by atoms with E-state index >= 15 is 0 Å². The summed E-state index contributed by atoms with van der Waals surface area (Å²) < 4.78 is 5.49. The molecule has 3 nitrogen and oxygen atoms in total. The van der Waals surface area contributed by atoms with Crippen molar-refractivity contribution in [2.45, 2.75) is 26.5 Å². The van der Waals surface area contributed by atoms with E-state index in [2.05, 4.69) is 9.88 Å². The fourth-order valence-electron chi connectivity index (χ4n) is 1.34. The van der Waals surface area contributed by atoms with Crippen LogP contribution >= 0.6 is 11.6 Å². The molecule has 0 aromatic carbocycles. The van der Waals surface area contributed by atoms with Gasteiger partial charge in [-0.25, -0.2) is 0 Å². The van der Waals surface area contributed by atoms with E-state index in [9.17, 15) is 0 Å². The zero-order valence-electron chi connectivity index (χ0n) is 10.1. The van der Waals surface area contributed by atoms with Crippen LogP contribution in [-0.2, 0) is 11.3 Å². The molecule has 0 atom stereocenters. The Morgan fingerprint density at radius 2 is 2.25 bits per heavy atom. The summed E-state index contributed by atoms with van der Waals surface area (Å²) in [6.07, 6.45) is 2.02. The summed E-state index contributed by atoms with van der Waals surface area (Å²) in [5, 5.41) is 0.733. The van der Waals surface area contributed by atoms with Crippen LogP contribution in [0.25, 0.3) is 0 Å². The molecule has 0 radical (unpaired) electrons. The van der Waals surface area contributed by atoms with Gasteiger partial charge in [0.25, 0.3) is 0 Å². The molecule has 0 N–H and O–H groups in total. The van der Waals surface area contributed by atoms with Crippen molar-refractivity contribution in [2.24, 2.45) is 0 Å². The van der Waals surface area contributed by atoms with Crippen LogP contribution in [0, 0.1) is 0 Å². The van der Waals surface area contributed by atoms with Crippen molar-refractivity contribution < 1.29 is 4.74 Å². The smallest absolute Gasteiger partial charge is 0.0596 e. The SMILES string of the molecule is CC(C)OCCN(C)Cc1cc(Cl)ccn1. The molecule has 0 aliphatic rings. The zero-order chi connectivity index (χ0) is 12.0. The van der Waals surface area contributed by atoms with Gasteiger partial charge in [-0.2, -0.15) is 0 Å². The van der Waals surface area contributed by atoms with Crippen molar-refractivity contribution in [3.63, 3.8) is 0 Å². The molecule has 0 amide bonds. The summed E-state index contributed by atoms with van der Waals surface area (Å²) in [6.45, 7) is 6.51. The van der Waals surface area contributed by atoms with Crippen molar-refractivity contribution in [1.82, 2.24) is 9.88 Å².